The van der Waals surface area contributed by atoms with E-state index in [2.05, 4.69) is 32.7 Å². The number of nitrogens with one attached hydrogen (secondary N) is 1. The van der Waals surface area contributed by atoms with Crippen molar-refractivity contribution in [2.24, 2.45) is 5.16 Å². The molecule has 0 spiro atoms. The fourth-order valence-electron chi connectivity index (χ4n) is 5.36. The number of nitrogens with zero attached hydrogens (tertiary/aromatic N) is 6. The van der Waals surface area contributed by atoms with Crippen molar-refractivity contribution in [1.29, 1.82) is 0 Å². The van der Waals surface area contributed by atoms with E-state index in [1.165, 1.54) is 17.8 Å². The Kier molecular flexibility index (Phi) is 7.80. The molecule has 220 valence electrons. The molecule has 2 aromatic heterocycles. The van der Waals surface area contributed by atoms with Crippen molar-refractivity contribution < 1.29 is 32.9 Å². The second-order valence-corrected chi connectivity index (χ2v) is 11.6. The first-order chi connectivity index (χ1) is 19.8. The Bertz CT molecular complexity index is 1460. The molecule has 12 nitrogen and oxygen atoms in total. The van der Waals surface area contributed by atoms with E-state index in [0.717, 1.165) is 24.3 Å². The maximum absolute atomic E-state index is 13.8. The molecular weight excluding hydrogens is 560 g/mol. The summed E-state index contributed by atoms with van der Waals surface area (Å²) in [7, 11) is 0. The summed E-state index contributed by atoms with van der Waals surface area (Å²) in [5, 5.41) is 26.0. The van der Waals surface area contributed by atoms with Crippen molar-refractivity contribution >= 4 is 34.5 Å². The molecule has 3 aromatic rings. The number of halogens is 2. The van der Waals surface area contributed by atoms with E-state index in [1.54, 1.807) is 4.68 Å². The van der Waals surface area contributed by atoms with Crippen LogP contribution in [-0.4, -0.2) is 85.1 Å². The molecule has 0 amide bonds. The molecule has 2 aliphatic heterocycles. The van der Waals surface area contributed by atoms with Gasteiger partial charge in [0.2, 0.25) is 6.23 Å². The molecule has 2 N–H and O–H groups in total. The standard InChI is InChI=1S/C26H31F2N7O5S/c1-4-9-41-25-30-23(29-19-11-16(33-40-19)13-5-6-14(27)15(28)10-13)20-24(31-25)35(34-32-20)17-12-18(37-8-7-36)22-21(17)38-26(2,3)39-22/h5-6,10,17-19,21-22,36H,4,7-9,11-12H2,1-3H3,(H,29,30,31)/t17-,18+,19+,21-,22+/m1/s1. The lowest BCUT2D eigenvalue weighted by Gasteiger charge is -2.23. The van der Waals surface area contributed by atoms with Crippen LogP contribution >= 0.6 is 11.8 Å². The number of hydrogen-bond donors (Lipinski definition) is 2. The third-order valence-corrected chi connectivity index (χ3v) is 8.13. The van der Waals surface area contributed by atoms with Crippen LogP contribution in [0.4, 0.5) is 14.6 Å². The predicted molar refractivity (Wildman–Crippen MR) is 144 cm³/mol. The first kappa shape index (κ1) is 28.2. The number of ether oxygens (including phenoxy) is 3. The Balaban J connectivity index is 1.29. The normalized spacial score (nSPS) is 26.8. The molecular formula is C26H31F2N7O5S. The molecule has 4 heterocycles. The highest BCUT2D eigenvalue weighted by molar-refractivity contribution is 7.99. The van der Waals surface area contributed by atoms with Gasteiger partial charge in [0, 0.05) is 17.7 Å². The summed E-state index contributed by atoms with van der Waals surface area (Å²) in [5.41, 5.74) is 1.86. The van der Waals surface area contributed by atoms with Gasteiger partial charge >= 0.3 is 0 Å². The number of fused-ring (bicyclic) bond motifs is 2. The highest BCUT2D eigenvalue weighted by Crippen LogP contribution is 2.45. The molecule has 5 atom stereocenters. The quantitative estimate of drug-likeness (QED) is 0.265. The van der Waals surface area contributed by atoms with Crippen molar-refractivity contribution in [1.82, 2.24) is 25.0 Å². The topological polar surface area (TPSA) is 138 Å². The molecule has 2 fully saturated rings. The lowest BCUT2D eigenvalue weighted by atomic mass is 10.1. The van der Waals surface area contributed by atoms with Crippen LogP contribution in [0.1, 0.15) is 51.6 Å². The minimum atomic E-state index is -0.952. The lowest BCUT2D eigenvalue weighted by molar-refractivity contribution is -0.171. The maximum atomic E-state index is 13.8. The molecule has 1 aromatic carbocycles. The zero-order valence-electron chi connectivity index (χ0n) is 22.8. The third-order valence-electron chi connectivity index (χ3n) is 7.08. The van der Waals surface area contributed by atoms with E-state index in [1.807, 2.05) is 13.8 Å². The average Bonchev–Trinajstić information content (AvgIpc) is 3.71. The molecule has 0 unspecified atom stereocenters. The van der Waals surface area contributed by atoms with Gasteiger partial charge in [-0.3, -0.25) is 0 Å². The van der Waals surface area contributed by atoms with E-state index < -0.39 is 23.6 Å². The number of anilines is 1. The Morgan fingerprint density at radius 3 is 2.80 bits per heavy atom. The van der Waals surface area contributed by atoms with Gasteiger partial charge in [-0.2, -0.15) is 0 Å². The zero-order valence-corrected chi connectivity index (χ0v) is 23.6. The lowest BCUT2D eigenvalue weighted by Crippen LogP contribution is -2.31. The molecule has 6 rings (SSSR count). The van der Waals surface area contributed by atoms with Crippen molar-refractivity contribution in [3.63, 3.8) is 0 Å². The molecule has 41 heavy (non-hydrogen) atoms. The summed E-state index contributed by atoms with van der Waals surface area (Å²) in [5.74, 6) is -1.46. The minimum absolute atomic E-state index is 0.0971. The number of thioether (sulfide) groups is 1. The highest BCUT2D eigenvalue weighted by Gasteiger charge is 2.56. The SMILES string of the molecule is CCCSc1nc(N[C@@H]2CC(c3ccc(F)c(F)c3)=NO2)c2nnn([C@@H]3C[C@H](OCCO)[C@@H]4OC(C)(C)O[C@@H]43)c2n1. The molecule has 1 saturated heterocycles. The molecule has 3 aliphatic rings. The second-order valence-electron chi connectivity index (χ2n) is 10.5. The van der Waals surface area contributed by atoms with E-state index in [9.17, 15) is 13.9 Å². The second kappa shape index (κ2) is 11.4. The Morgan fingerprint density at radius 2 is 2.02 bits per heavy atom. The van der Waals surface area contributed by atoms with Crippen molar-refractivity contribution in [2.45, 2.75) is 81.6 Å². The van der Waals surface area contributed by atoms with Gasteiger partial charge in [-0.25, -0.2) is 23.4 Å². The van der Waals surface area contributed by atoms with Crippen molar-refractivity contribution in [2.75, 3.05) is 24.3 Å². The van der Waals surface area contributed by atoms with Crippen molar-refractivity contribution in [3.8, 4) is 0 Å². The van der Waals surface area contributed by atoms with Gasteiger partial charge in [0.25, 0.3) is 0 Å². The van der Waals surface area contributed by atoms with E-state index in [0.29, 0.717) is 46.3 Å². The van der Waals surface area contributed by atoms with Gasteiger partial charge in [-0.1, -0.05) is 29.1 Å². The van der Waals surface area contributed by atoms with Gasteiger partial charge < -0.3 is 29.5 Å². The first-order valence-electron chi connectivity index (χ1n) is 13.5. The molecule has 15 heteroatoms. The molecule has 0 radical (unpaired) electrons. The predicted octanol–water partition coefficient (Wildman–Crippen LogP) is 3.41. The number of aromatic nitrogens is 5. The van der Waals surface area contributed by atoms with Crippen LogP contribution in [0.25, 0.3) is 11.2 Å². The summed E-state index contributed by atoms with van der Waals surface area (Å²) in [6.45, 7) is 5.87. The van der Waals surface area contributed by atoms with Gasteiger partial charge in [0.05, 0.1) is 37.5 Å². The van der Waals surface area contributed by atoms with Gasteiger partial charge in [-0.15, -0.1) is 5.10 Å². The summed E-state index contributed by atoms with van der Waals surface area (Å²) in [6.07, 6.45) is 0.134. The fourth-order valence-corrected chi connectivity index (χ4v) is 6.05. The van der Waals surface area contributed by atoms with E-state index in [4.69, 9.17) is 24.0 Å². The number of oxime groups is 1. The molecule has 0 bridgehead atoms. The number of aliphatic hydroxyl groups is 1. The Hall–Kier alpha value is -2.98. The van der Waals surface area contributed by atoms with Gasteiger partial charge in [0.1, 0.15) is 12.2 Å². The number of aliphatic hydroxyl groups excluding tert-OH is 1. The third kappa shape index (κ3) is 5.60. The van der Waals surface area contributed by atoms with Crippen LogP contribution in [0.3, 0.4) is 0 Å². The molecule has 1 saturated carbocycles. The van der Waals surface area contributed by atoms with E-state index in [-0.39, 0.29) is 37.6 Å². The minimum Gasteiger partial charge on any atom is -0.394 e. The fraction of sp³-hybridized carbons (Fsp3) is 0.577. The first-order valence-corrected chi connectivity index (χ1v) is 14.5. The van der Waals surface area contributed by atoms with Crippen molar-refractivity contribution in [3.05, 3.63) is 35.4 Å². The van der Waals surface area contributed by atoms with Gasteiger partial charge in [0.15, 0.2) is 39.6 Å². The Labute approximate surface area is 238 Å². The summed E-state index contributed by atoms with van der Waals surface area (Å²) in [6, 6.07) is 3.33. The summed E-state index contributed by atoms with van der Waals surface area (Å²) in [4.78, 5) is 15.0. The van der Waals surface area contributed by atoms with Crippen LogP contribution in [0.5, 0.6) is 0 Å². The van der Waals surface area contributed by atoms with Crippen LogP contribution in [0.2, 0.25) is 0 Å². The van der Waals surface area contributed by atoms with Crippen LogP contribution in [0.15, 0.2) is 28.5 Å². The zero-order chi connectivity index (χ0) is 28.7. The molecule has 1 aliphatic carbocycles. The van der Waals surface area contributed by atoms with Crippen LogP contribution < -0.4 is 5.32 Å². The van der Waals surface area contributed by atoms with Crippen LogP contribution in [-0.2, 0) is 19.0 Å². The monoisotopic (exact) mass is 591 g/mol. The highest BCUT2D eigenvalue weighted by atomic mass is 32.2. The summed E-state index contributed by atoms with van der Waals surface area (Å²) < 4.78 is 47.3. The number of rotatable bonds is 10. The number of benzene rings is 1. The maximum Gasteiger partial charge on any atom is 0.204 e. The Morgan fingerprint density at radius 1 is 1.20 bits per heavy atom. The number of hydrogen-bond acceptors (Lipinski definition) is 12. The van der Waals surface area contributed by atoms with E-state index >= 15 is 0 Å². The smallest absolute Gasteiger partial charge is 0.204 e. The van der Waals surface area contributed by atoms with Gasteiger partial charge in [-0.05, 0) is 38.5 Å². The largest absolute Gasteiger partial charge is 0.394 e. The summed E-state index contributed by atoms with van der Waals surface area (Å²) >= 11 is 1.51. The average molecular weight is 592 g/mol. The van der Waals surface area contributed by atoms with Crippen LogP contribution in [0, 0.1) is 11.6 Å².